The van der Waals surface area contributed by atoms with Crippen molar-refractivity contribution in [2.45, 2.75) is 24.9 Å². The molecule has 0 N–H and O–H groups in total. The van der Waals surface area contributed by atoms with Gasteiger partial charge in [-0.1, -0.05) is 0 Å². The van der Waals surface area contributed by atoms with Crippen molar-refractivity contribution in [3.05, 3.63) is 29.8 Å². The first-order chi connectivity index (χ1) is 13.0. The van der Waals surface area contributed by atoms with E-state index < -0.39 is 11.4 Å². The number of hydrogen-bond donors (Lipinski definition) is 0. The topological polar surface area (TPSA) is 72.0 Å². The van der Waals surface area contributed by atoms with E-state index in [1.165, 1.54) is 25.0 Å². The first-order valence-electron chi connectivity index (χ1n) is 9.41. The summed E-state index contributed by atoms with van der Waals surface area (Å²) in [6.45, 7) is 2.85. The van der Waals surface area contributed by atoms with Crippen molar-refractivity contribution < 1.29 is 23.5 Å². The van der Waals surface area contributed by atoms with Crippen LogP contribution >= 0.6 is 0 Å². The quantitative estimate of drug-likeness (QED) is 0.770. The van der Waals surface area contributed by atoms with Crippen LogP contribution in [-0.2, 0) is 25.5 Å². The summed E-state index contributed by atoms with van der Waals surface area (Å²) in [5.74, 6) is 0.0702. The van der Waals surface area contributed by atoms with E-state index in [0.717, 1.165) is 12.7 Å². The lowest BCUT2D eigenvalue weighted by Crippen LogP contribution is -2.61. The molecule has 1 aliphatic carbocycles. The Morgan fingerprint density at radius 2 is 2.19 bits per heavy atom. The molecule has 3 fully saturated rings. The van der Waals surface area contributed by atoms with Crippen molar-refractivity contribution in [2.24, 2.45) is 5.92 Å². The van der Waals surface area contributed by atoms with Gasteiger partial charge in [0.05, 0.1) is 38.9 Å². The standard InChI is InChI=1S/C19H24FN3O4/c20-15-3-4-16(21-8-15)7-17(24)22-5-6-26-13-19(11-22)12-23(9-14-1-2-14)18(25)10-27-19/h3-4,8,14H,1-2,5-7,9-13H2. The van der Waals surface area contributed by atoms with Gasteiger partial charge in [-0.25, -0.2) is 4.39 Å². The lowest BCUT2D eigenvalue weighted by molar-refractivity contribution is -0.174. The molecule has 3 aliphatic rings. The number of morpholine rings is 1. The lowest BCUT2D eigenvalue weighted by Gasteiger charge is -2.43. The van der Waals surface area contributed by atoms with Crippen LogP contribution in [0, 0.1) is 11.7 Å². The SMILES string of the molecule is O=C(Cc1ccc(F)cn1)N1CCOCC2(C1)CN(CC1CC1)C(=O)CO2. The molecule has 2 aliphatic heterocycles. The zero-order valence-corrected chi connectivity index (χ0v) is 15.2. The van der Waals surface area contributed by atoms with Gasteiger partial charge in [-0.15, -0.1) is 0 Å². The van der Waals surface area contributed by atoms with Crippen LogP contribution in [-0.4, -0.2) is 78.2 Å². The van der Waals surface area contributed by atoms with Gasteiger partial charge in [0, 0.05) is 18.8 Å². The average molecular weight is 377 g/mol. The summed E-state index contributed by atoms with van der Waals surface area (Å²) in [6, 6.07) is 2.82. The Bertz CT molecular complexity index is 709. The highest BCUT2D eigenvalue weighted by molar-refractivity contribution is 5.79. The monoisotopic (exact) mass is 377 g/mol. The fourth-order valence-corrected chi connectivity index (χ4v) is 3.65. The summed E-state index contributed by atoms with van der Waals surface area (Å²) in [7, 11) is 0. The largest absolute Gasteiger partial charge is 0.376 e. The molecule has 1 saturated carbocycles. The number of amides is 2. The van der Waals surface area contributed by atoms with E-state index in [1.54, 1.807) is 4.90 Å². The van der Waals surface area contributed by atoms with Gasteiger partial charge in [0.25, 0.3) is 0 Å². The molecule has 8 heteroatoms. The summed E-state index contributed by atoms with van der Waals surface area (Å²) in [5, 5.41) is 0. The highest BCUT2D eigenvalue weighted by Gasteiger charge is 2.44. The molecular formula is C19H24FN3O4. The molecule has 1 unspecified atom stereocenters. The number of carbonyl (C=O) groups is 2. The van der Waals surface area contributed by atoms with E-state index >= 15 is 0 Å². The highest BCUT2D eigenvalue weighted by Crippen LogP contribution is 2.32. The van der Waals surface area contributed by atoms with Crippen molar-refractivity contribution in [3.8, 4) is 0 Å². The minimum atomic E-state index is -0.689. The van der Waals surface area contributed by atoms with E-state index in [-0.39, 0.29) is 24.8 Å². The Balaban J connectivity index is 1.43. The van der Waals surface area contributed by atoms with Crippen LogP contribution < -0.4 is 0 Å². The highest BCUT2D eigenvalue weighted by atomic mass is 19.1. The van der Waals surface area contributed by atoms with Crippen molar-refractivity contribution in [1.29, 1.82) is 0 Å². The van der Waals surface area contributed by atoms with Crippen LogP contribution in [0.25, 0.3) is 0 Å². The number of aromatic nitrogens is 1. The zero-order valence-electron chi connectivity index (χ0n) is 15.2. The molecule has 4 rings (SSSR count). The lowest BCUT2D eigenvalue weighted by atomic mass is 10.0. The molecule has 0 radical (unpaired) electrons. The summed E-state index contributed by atoms with van der Waals surface area (Å²) in [4.78, 5) is 32.5. The fourth-order valence-electron chi connectivity index (χ4n) is 3.65. The predicted octanol–water partition coefficient (Wildman–Crippen LogP) is 0.630. The van der Waals surface area contributed by atoms with E-state index in [2.05, 4.69) is 4.98 Å². The maximum absolute atomic E-state index is 13.0. The van der Waals surface area contributed by atoms with Gasteiger partial charge in [-0.05, 0) is 30.9 Å². The van der Waals surface area contributed by atoms with Crippen LogP contribution in [0.3, 0.4) is 0 Å². The molecule has 7 nitrogen and oxygen atoms in total. The fraction of sp³-hybridized carbons (Fsp3) is 0.632. The molecule has 146 valence electrons. The van der Waals surface area contributed by atoms with Crippen LogP contribution in [0.1, 0.15) is 18.5 Å². The number of carbonyl (C=O) groups excluding carboxylic acids is 2. The van der Waals surface area contributed by atoms with Crippen molar-refractivity contribution in [1.82, 2.24) is 14.8 Å². The second kappa shape index (κ2) is 7.52. The molecule has 3 heterocycles. The molecule has 0 aromatic carbocycles. The van der Waals surface area contributed by atoms with Crippen molar-refractivity contribution in [3.63, 3.8) is 0 Å². The number of pyridine rings is 1. The van der Waals surface area contributed by atoms with E-state index in [9.17, 15) is 14.0 Å². The summed E-state index contributed by atoms with van der Waals surface area (Å²) < 4.78 is 24.6. The number of halogens is 1. The molecule has 27 heavy (non-hydrogen) atoms. The number of ether oxygens (including phenoxy) is 2. The van der Waals surface area contributed by atoms with Crippen LogP contribution in [0.15, 0.2) is 18.3 Å². The second-order valence-corrected chi connectivity index (χ2v) is 7.70. The normalized spacial score (nSPS) is 26.3. The van der Waals surface area contributed by atoms with Gasteiger partial charge < -0.3 is 19.3 Å². The Morgan fingerprint density at radius 1 is 1.33 bits per heavy atom. The number of hydrogen-bond acceptors (Lipinski definition) is 5. The first-order valence-corrected chi connectivity index (χ1v) is 9.41. The summed E-state index contributed by atoms with van der Waals surface area (Å²) in [6.07, 6.45) is 3.55. The van der Waals surface area contributed by atoms with Crippen LogP contribution in [0.4, 0.5) is 4.39 Å². The Kier molecular flexibility index (Phi) is 5.10. The Labute approximate surface area is 157 Å². The van der Waals surface area contributed by atoms with E-state index in [0.29, 0.717) is 44.5 Å². The molecule has 1 atom stereocenters. The molecule has 2 saturated heterocycles. The van der Waals surface area contributed by atoms with E-state index in [1.807, 2.05) is 4.90 Å². The maximum atomic E-state index is 13.0. The van der Waals surface area contributed by atoms with Crippen LogP contribution in [0.5, 0.6) is 0 Å². The molecular weight excluding hydrogens is 353 g/mol. The summed E-state index contributed by atoms with van der Waals surface area (Å²) in [5.41, 5.74) is -0.165. The summed E-state index contributed by atoms with van der Waals surface area (Å²) >= 11 is 0. The molecule has 1 aromatic rings. The van der Waals surface area contributed by atoms with Crippen LogP contribution in [0.2, 0.25) is 0 Å². The third-order valence-electron chi connectivity index (χ3n) is 5.33. The Hall–Kier alpha value is -2.06. The average Bonchev–Trinajstić information content (AvgIpc) is 3.48. The number of rotatable bonds is 4. The third-order valence-corrected chi connectivity index (χ3v) is 5.33. The first kappa shape index (κ1) is 18.3. The minimum absolute atomic E-state index is 0.00478. The predicted molar refractivity (Wildman–Crippen MR) is 93.3 cm³/mol. The molecule has 1 aromatic heterocycles. The third kappa shape index (κ3) is 4.44. The smallest absolute Gasteiger partial charge is 0.248 e. The van der Waals surface area contributed by atoms with Gasteiger partial charge in [0.15, 0.2) is 0 Å². The van der Waals surface area contributed by atoms with Gasteiger partial charge in [0.1, 0.15) is 18.0 Å². The van der Waals surface area contributed by atoms with Gasteiger partial charge in [-0.2, -0.15) is 0 Å². The molecule has 1 spiro atoms. The van der Waals surface area contributed by atoms with Gasteiger partial charge in [0.2, 0.25) is 11.8 Å². The maximum Gasteiger partial charge on any atom is 0.248 e. The van der Waals surface area contributed by atoms with Crippen molar-refractivity contribution in [2.75, 3.05) is 46.0 Å². The van der Waals surface area contributed by atoms with Gasteiger partial charge >= 0.3 is 0 Å². The number of nitrogens with zero attached hydrogens (tertiary/aromatic N) is 3. The Morgan fingerprint density at radius 3 is 2.93 bits per heavy atom. The molecule has 2 amide bonds. The second-order valence-electron chi connectivity index (χ2n) is 7.70. The van der Waals surface area contributed by atoms with E-state index in [4.69, 9.17) is 9.47 Å². The zero-order chi connectivity index (χ0) is 18.9. The minimum Gasteiger partial charge on any atom is -0.376 e. The van der Waals surface area contributed by atoms with Crippen molar-refractivity contribution >= 4 is 11.8 Å². The van der Waals surface area contributed by atoms with Gasteiger partial charge in [-0.3, -0.25) is 14.6 Å². The molecule has 0 bridgehead atoms.